The van der Waals surface area contributed by atoms with Gasteiger partial charge in [0.05, 0.1) is 56.8 Å². The van der Waals surface area contributed by atoms with Gasteiger partial charge in [0.1, 0.15) is 0 Å². The van der Waals surface area contributed by atoms with Crippen molar-refractivity contribution >= 4 is 81.7 Å². The number of rotatable bonds is 53. The molecule has 96 heavy (non-hydrogen) atoms. The SMILES string of the molecule is CC(=N)C(C)C(=O)SCOCCCOP(N(C(C)C)C(C)C)N(C(C)C)C(C)CCC(C)N(C(C)C)P(OCCOCSC(=O)CCN1C(C)(C)CCCC1(C)C)N(C(C)C)C(C)CCC(C)N(CCC(=O)SCOCCOP(N(C(C)C)C(C)C)N(C(C)C)C(C)C)C(C)C. The summed E-state index contributed by atoms with van der Waals surface area (Å²) in [5, 5.41) is 8.12. The summed E-state index contributed by atoms with van der Waals surface area (Å²) < 4.78 is 54.5. The number of piperidine rings is 1. The van der Waals surface area contributed by atoms with Crippen LogP contribution in [0.3, 0.4) is 0 Å². The number of nitrogens with zero attached hydrogens (tertiary/aromatic N) is 8. The van der Waals surface area contributed by atoms with Crippen LogP contribution < -0.4 is 0 Å². The van der Waals surface area contributed by atoms with Crippen LogP contribution in [-0.4, -0.2) is 225 Å². The van der Waals surface area contributed by atoms with E-state index in [4.69, 9.17) is 33.2 Å². The Balaban J connectivity index is 3.40. The standard InChI is InChI=1S/C72H148N9O9P3S3/c1-52(2)74(41-37-68(82)94-49-86-45-47-89-91(76(53(3)4)54(5)6)77(55(7)8)56(9)10)62(21)33-34-63(22)80(60(17)18)93(90-48-46-87-50-95-69(83)38-42-75-71(27,28)39-31-40-72(75,29)30)81(61(19)20)65(24)36-35-64(23)79(59(15)16)92(78(57(11)12)58(13)14)88-44-32-43-85-51-96-70(84)66(25)67(26)73/h52-66,73H,31-51H2,1-30H3. The summed E-state index contributed by atoms with van der Waals surface area (Å²) in [5.74, 6) is 0.477. The summed E-state index contributed by atoms with van der Waals surface area (Å²) in [6, 6.07) is 3.52. The molecule has 1 aliphatic rings. The highest BCUT2D eigenvalue weighted by atomic mass is 32.2. The van der Waals surface area contributed by atoms with Crippen LogP contribution in [0.25, 0.3) is 0 Å². The van der Waals surface area contributed by atoms with Crippen molar-refractivity contribution in [1.82, 2.24) is 37.8 Å². The average Bonchev–Trinajstić information content (AvgIpc) is 0.798. The summed E-state index contributed by atoms with van der Waals surface area (Å²) in [5.41, 5.74) is 0.507. The molecule has 1 fully saturated rings. The van der Waals surface area contributed by atoms with E-state index >= 15 is 0 Å². The summed E-state index contributed by atoms with van der Waals surface area (Å²) in [7, 11) is -3.45. The van der Waals surface area contributed by atoms with Gasteiger partial charge in [-0.2, -0.15) is 0 Å². The maximum atomic E-state index is 13.5. The Morgan fingerprint density at radius 3 is 1.11 bits per heavy atom. The third kappa shape index (κ3) is 33.7. The number of nitrogens with one attached hydrogen (secondary N) is 1. The topological polar surface area (TPSA) is 156 Å². The van der Waals surface area contributed by atoms with Crippen molar-refractivity contribution in [3.8, 4) is 0 Å². The third-order valence-corrected chi connectivity index (χ3v) is 29.6. The average molecular weight is 1470 g/mol. The molecule has 7 atom stereocenters. The van der Waals surface area contributed by atoms with Crippen molar-refractivity contribution in [3.63, 3.8) is 0 Å². The molecule has 1 aliphatic heterocycles. The molecule has 18 nitrogen and oxygen atoms in total. The lowest BCUT2D eigenvalue weighted by Gasteiger charge is -2.53. The molecule has 568 valence electrons. The molecule has 0 bridgehead atoms. The Bertz CT molecular complexity index is 2080. The molecule has 7 unspecified atom stereocenters. The molecule has 0 saturated carbocycles. The van der Waals surface area contributed by atoms with Gasteiger partial charge in [-0.05, 0) is 259 Å². The molecule has 0 amide bonds. The van der Waals surface area contributed by atoms with Gasteiger partial charge in [-0.3, -0.25) is 24.2 Å². The minimum absolute atomic E-state index is 0.0370. The molecule has 0 spiro atoms. The number of thioether (sulfide) groups is 3. The zero-order chi connectivity index (χ0) is 73.5. The predicted molar refractivity (Wildman–Crippen MR) is 419 cm³/mol. The van der Waals surface area contributed by atoms with Gasteiger partial charge in [0.15, 0.2) is 40.7 Å². The van der Waals surface area contributed by atoms with E-state index in [1.807, 2.05) is 0 Å². The largest absolute Gasteiger partial charge is 0.370 e. The van der Waals surface area contributed by atoms with Gasteiger partial charge in [0, 0.05) is 134 Å². The van der Waals surface area contributed by atoms with E-state index in [0.29, 0.717) is 107 Å². The van der Waals surface area contributed by atoms with Crippen LogP contribution in [0.4, 0.5) is 0 Å². The molecule has 0 aromatic carbocycles. The monoisotopic (exact) mass is 1470 g/mol. The molecule has 1 heterocycles. The van der Waals surface area contributed by atoms with Crippen LogP contribution in [-0.2, 0) is 42.2 Å². The van der Waals surface area contributed by atoms with Crippen LogP contribution >= 0.6 is 60.6 Å². The summed E-state index contributed by atoms with van der Waals surface area (Å²) in [6.07, 6.45) is 8.99. The minimum atomic E-state index is -1.30. The van der Waals surface area contributed by atoms with Crippen molar-refractivity contribution in [2.45, 2.75) is 368 Å². The van der Waals surface area contributed by atoms with E-state index in [9.17, 15) is 14.4 Å². The first-order valence-electron chi connectivity index (χ1n) is 36.9. The van der Waals surface area contributed by atoms with Crippen LogP contribution in [0.15, 0.2) is 0 Å². The molecule has 24 heteroatoms. The number of carbonyl (C=O) groups is 3. The first-order chi connectivity index (χ1) is 44.7. The van der Waals surface area contributed by atoms with Gasteiger partial charge in [-0.25, -0.2) is 28.0 Å². The lowest BCUT2D eigenvalue weighted by atomic mass is 9.80. The van der Waals surface area contributed by atoms with E-state index in [1.165, 1.54) is 29.9 Å². The van der Waals surface area contributed by atoms with Crippen molar-refractivity contribution in [3.05, 3.63) is 0 Å². The highest BCUT2D eigenvalue weighted by molar-refractivity contribution is 8.14. The van der Waals surface area contributed by atoms with Crippen LogP contribution in [0, 0.1) is 11.3 Å². The van der Waals surface area contributed by atoms with Gasteiger partial charge in [-0.1, -0.05) is 35.3 Å². The Labute approximate surface area is 607 Å². The van der Waals surface area contributed by atoms with Crippen LogP contribution in [0.5, 0.6) is 0 Å². The number of likely N-dealkylation sites (tertiary alicyclic amines) is 1. The second-order valence-electron chi connectivity index (χ2n) is 30.7. The zero-order valence-corrected chi connectivity index (χ0v) is 72.0. The fourth-order valence-corrected chi connectivity index (χ4v) is 22.6. The Morgan fingerprint density at radius 2 is 0.750 bits per heavy atom. The highest BCUT2D eigenvalue weighted by Crippen LogP contribution is 2.55. The lowest BCUT2D eigenvalue weighted by Crippen LogP contribution is -2.58. The zero-order valence-electron chi connectivity index (χ0n) is 66.8. The number of ether oxygens (including phenoxy) is 3. The molecule has 0 aliphatic carbocycles. The van der Waals surface area contributed by atoms with E-state index in [2.05, 4.69) is 232 Å². The van der Waals surface area contributed by atoms with Gasteiger partial charge < -0.3 is 33.2 Å². The predicted octanol–water partition coefficient (Wildman–Crippen LogP) is 18.6. The van der Waals surface area contributed by atoms with E-state index in [-0.39, 0.29) is 92.8 Å². The second-order valence-corrected chi connectivity index (χ2v) is 38.7. The first kappa shape index (κ1) is 94.5. The van der Waals surface area contributed by atoms with E-state index in [0.717, 1.165) is 56.8 Å². The first-order valence-corrected chi connectivity index (χ1v) is 43.4. The maximum absolute atomic E-state index is 13.5. The molecule has 0 aromatic rings. The number of hydrogen-bond acceptors (Lipinski definition) is 21. The molecule has 1 saturated heterocycles. The summed E-state index contributed by atoms with van der Waals surface area (Å²) in [6.45, 7) is 71.6. The van der Waals surface area contributed by atoms with Gasteiger partial charge >= 0.3 is 0 Å². The number of carbonyl (C=O) groups excluding carboxylic acids is 3. The van der Waals surface area contributed by atoms with Crippen molar-refractivity contribution in [2.24, 2.45) is 5.92 Å². The molecule has 0 radical (unpaired) electrons. The van der Waals surface area contributed by atoms with Gasteiger partial charge in [0.2, 0.25) is 0 Å². The molecule has 1 N–H and O–H groups in total. The Kier molecular flexibility index (Phi) is 47.8. The smallest absolute Gasteiger partial charge is 0.199 e. The third-order valence-electron chi connectivity index (χ3n) is 18.1. The van der Waals surface area contributed by atoms with Crippen LogP contribution in [0.2, 0.25) is 0 Å². The lowest BCUT2D eigenvalue weighted by molar-refractivity contribution is -0.113. The normalized spacial score (nSPS) is 17.5. The van der Waals surface area contributed by atoms with Crippen molar-refractivity contribution < 1.29 is 42.2 Å². The maximum Gasteiger partial charge on any atom is 0.199 e. The molecular formula is C72H148N9O9P3S3. The van der Waals surface area contributed by atoms with Crippen molar-refractivity contribution in [1.29, 1.82) is 5.41 Å². The fraction of sp³-hybridized carbons (Fsp3) is 0.944. The van der Waals surface area contributed by atoms with Gasteiger partial charge in [-0.15, -0.1) is 0 Å². The second kappa shape index (κ2) is 48.5. The molecule has 0 aromatic heterocycles. The highest BCUT2D eigenvalue weighted by Gasteiger charge is 2.43. The quantitative estimate of drug-likeness (QED) is 0.0265. The van der Waals surface area contributed by atoms with Crippen LogP contribution in [0.1, 0.15) is 272 Å². The summed E-state index contributed by atoms with van der Waals surface area (Å²) >= 11 is 3.70. The van der Waals surface area contributed by atoms with E-state index in [1.54, 1.807) is 13.8 Å². The van der Waals surface area contributed by atoms with Gasteiger partial charge in [0.25, 0.3) is 0 Å². The minimum Gasteiger partial charge on any atom is -0.370 e. The molecule has 1 rings (SSSR count). The molecular weight excluding hydrogens is 1320 g/mol. The summed E-state index contributed by atoms with van der Waals surface area (Å²) in [4.78, 5) is 44.4. The van der Waals surface area contributed by atoms with Crippen molar-refractivity contribution in [2.75, 3.05) is 70.5 Å². The Morgan fingerprint density at radius 1 is 0.427 bits per heavy atom. The fourth-order valence-electron chi connectivity index (χ4n) is 13.5. The van der Waals surface area contributed by atoms with E-state index < -0.39 is 31.3 Å². The Hall–Kier alpha value is 0.460. The number of hydrogen-bond donors (Lipinski definition) is 1.